The quantitative estimate of drug-likeness (QED) is 0.529. The van der Waals surface area contributed by atoms with Crippen LogP contribution in [0.3, 0.4) is 0 Å². The van der Waals surface area contributed by atoms with E-state index in [1.54, 1.807) is 32.2 Å². The summed E-state index contributed by atoms with van der Waals surface area (Å²) in [6.07, 6.45) is 1.54. The Hall–Kier alpha value is -2.81. The second-order valence-electron chi connectivity index (χ2n) is 7.52. The molecule has 2 aromatic heterocycles. The van der Waals surface area contributed by atoms with Crippen molar-refractivity contribution in [2.45, 2.75) is 18.7 Å². The van der Waals surface area contributed by atoms with Gasteiger partial charge in [-0.15, -0.1) is 11.6 Å². The molecule has 1 amide bonds. The zero-order chi connectivity index (χ0) is 23.2. The molecule has 0 saturated carbocycles. The van der Waals surface area contributed by atoms with Crippen LogP contribution in [0.5, 0.6) is 11.6 Å². The Kier molecular flexibility index (Phi) is 5.79. The molecule has 1 atom stereocenters. The fraction of sp³-hybridized carbons (Fsp3) is 0.318. The highest BCUT2D eigenvalue weighted by atomic mass is 35.5. The molecule has 8 nitrogen and oxygen atoms in total. The highest BCUT2D eigenvalue weighted by Crippen LogP contribution is 2.50. The largest absolute Gasteiger partial charge is 0.491 e. The van der Waals surface area contributed by atoms with Gasteiger partial charge in [0, 0.05) is 42.2 Å². The van der Waals surface area contributed by atoms with E-state index in [0.29, 0.717) is 38.8 Å². The molecule has 1 aromatic carbocycles. The van der Waals surface area contributed by atoms with Gasteiger partial charge in [0.05, 0.1) is 27.7 Å². The lowest BCUT2D eigenvalue weighted by Gasteiger charge is -2.35. The van der Waals surface area contributed by atoms with Crippen LogP contribution in [0.1, 0.15) is 23.7 Å². The third kappa shape index (κ3) is 3.48. The second kappa shape index (κ2) is 8.27. The number of rotatable bonds is 6. The Balaban J connectivity index is 2.04. The number of carbonyl (C=O) groups excluding carboxylic acids is 1. The number of pyridine rings is 2. The lowest BCUT2D eigenvalue weighted by molar-refractivity contribution is -0.122. The number of aliphatic hydroxyl groups is 1. The number of aliphatic hydroxyl groups excluding tert-OH is 1. The Labute approximate surface area is 193 Å². The fourth-order valence-electron chi connectivity index (χ4n) is 3.94. The monoisotopic (exact) mass is 477 g/mol. The van der Waals surface area contributed by atoms with Gasteiger partial charge in [-0.3, -0.25) is 9.59 Å². The molecule has 1 aliphatic rings. The maximum Gasteiger partial charge on any atom is 0.257 e. The number of aryl methyl sites for hydroxylation is 1. The van der Waals surface area contributed by atoms with Crippen LogP contribution >= 0.6 is 23.2 Å². The number of hydrogen-bond acceptors (Lipinski definition) is 6. The van der Waals surface area contributed by atoms with Crippen LogP contribution in [0.4, 0.5) is 0 Å². The summed E-state index contributed by atoms with van der Waals surface area (Å²) >= 11 is 13.7. The lowest BCUT2D eigenvalue weighted by atomic mass is 9.86. The SMILES string of the molecule is CNC(=O)COc1ncc2c3c1c(=O)cc(C)n3-c1c(Cl)cc(OCCO)cc1C2(C)Cl. The smallest absolute Gasteiger partial charge is 0.257 e. The molecule has 1 aliphatic heterocycles. The van der Waals surface area contributed by atoms with E-state index in [1.165, 1.54) is 13.1 Å². The molecule has 10 heteroatoms. The standard InChI is InChI=1S/C22H21Cl2N3O5/c1-11-6-16(29)18-20-14(9-26-21(18)32-10-17(30)25-3)22(2,24)13-7-12(31-5-4-28)8-15(23)19(13)27(11)20/h6-9,28H,4-5,10H2,1-3H3,(H,25,30). The zero-order valence-electron chi connectivity index (χ0n) is 17.7. The van der Waals surface area contributed by atoms with E-state index in [0.717, 1.165) is 0 Å². The number of amides is 1. The number of ether oxygens (including phenoxy) is 2. The number of aromatic nitrogens is 2. The molecule has 168 valence electrons. The van der Waals surface area contributed by atoms with Gasteiger partial charge in [0.2, 0.25) is 5.88 Å². The Morgan fingerprint density at radius 2 is 2.03 bits per heavy atom. The molecule has 0 saturated heterocycles. The van der Waals surface area contributed by atoms with Crippen LogP contribution in [0.25, 0.3) is 16.6 Å². The Morgan fingerprint density at radius 1 is 1.28 bits per heavy atom. The van der Waals surface area contributed by atoms with Crippen molar-refractivity contribution >= 4 is 40.0 Å². The molecule has 4 rings (SSSR count). The number of alkyl halides is 1. The second-order valence-corrected chi connectivity index (χ2v) is 8.69. The molecule has 0 aliphatic carbocycles. The van der Waals surface area contributed by atoms with Crippen molar-refractivity contribution in [3.8, 4) is 17.3 Å². The maximum absolute atomic E-state index is 13.0. The predicted molar refractivity (Wildman–Crippen MR) is 122 cm³/mol. The predicted octanol–water partition coefficient (Wildman–Crippen LogP) is 2.66. The summed E-state index contributed by atoms with van der Waals surface area (Å²) in [4.78, 5) is 27.9. The van der Waals surface area contributed by atoms with Crippen LogP contribution in [-0.4, -0.2) is 47.4 Å². The summed E-state index contributed by atoms with van der Waals surface area (Å²) in [6.45, 7) is 3.27. The van der Waals surface area contributed by atoms with Gasteiger partial charge in [0.25, 0.3) is 5.91 Å². The van der Waals surface area contributed by atoms with Gasteiger partial charge >= 0.3 is 0 Å². The minimum atomic E-state index is -1.09. The van der Waals surface area contributed by atoms with Gasteiger partial charge in [0.1, 0.15) is 17.7 Å². The first-order valence-electron chi connectivity index (χ1n) is 9.86. The fourth-order valence-corrected chi connectivity index (χ4v) is 4.52. The summed E-state index contributed by atoms with van der Waals surface area (Å²) in [7, 11) is 1.49. The minimum absolute atomic E-state index is 0.0426. The molecule has 0 spiro atoms. The molecular weight excluding hydrogens is 457 g/mol. The Bertz CT molecular complexity index is 1300. The van der Waals surface area contributed by atoms with Crippen molar-refractivity contribution in [2.75, 3.05) is 26.9 Å². The van der Waals surface area contributed by atoms with E-state index in [9.17, 15) is 9.59 Å². The van der Waals surface area contributed by atoms with Crippen molar-refractivity contribution in [2.24, 2.45) is 0 Å². The van der Waals surface area contributed by atoms with Gasteiger partial charge < -0.3 is 24.5 Å². The molecule has 2 N–H and O–H groups in total. The third-order valence-corrected chi connectivity index (χ3v) is 6.13. The molecular formula is C22H21Cl2N3O5. The van der Waals surface area contributed by atoms with Gasteiger partial charge in [0.15, 0.2) is 12.0 Å². The summed E-state index contributed by atoms with van der Waals surface area (Å²) in [6, 6.07) is 4.88. The summed E-state index contributed by atoms with van der Waals surface area (Å²) in [5.74, 6) is 0.155. The summed E-state index contributed by atoms with van der Waals surface area (Å²) < 4.78 is 13.0. The van der Waals surface area contributed by atoms with Gasteiger partial charge in [-0.1, -0.05) is 11.6 Å². The average molecular weight is 478 g/mol. The number of likely N-dealkylation sites (N-methyl/N-ethyl adjacent to an activating group) is 1. The van der Waals surface area contributed by atoms with Crippen LogP contribution in [-0.2, 0) is 9.67 Å². The number of nitrogens with one attached hydrogen (secondary N) is 1. The lowest BCUT2D eigenvalue weighted by Crippen LogP contribution is -2.29. The summed E-state index contributed by atoms with van der Waals surface area (Å²) in [5.41, 5.74) is 2.73. The average Bonchev–Trinajstić information content (AvgIpc) is 2.75. The minimum Gasteiger partial charge on any atom is -0.491 e. The van der Waals surface area contributed by atoms with Gasteiger partial charge in [-0.2, -0.15) is 0 Å². The van der Waals surface area contributed by atoms with E-state index in [-0.39, 0.29) is 42.4 Å². The van der Waals surface area contributed by atoms with Crippen molar-refractivity contribution in [3.05, 3.63) is 56.5 Å². The number of carbonyl (C=O) groups is 1. The van der Waals surface area contributed by atoms with Crippen molar-refractivity contribution in [3.63, 3.8) is 0 Å². The van der Waals surface area contributed by atoms with Crippen LogP contribution in [0.15, 0.2) is 29.2 Å². The zero-order valence-corrected chi connectivity index (χ0v) is 19.2. The van der Waals surface area contributed by atoms with Gasteiger partial charge in [-0.25, -0.2) is 4.98 Å². The van der Waals surface area contributed by atoms with Crippen LogP contribution in [0.2, 0.25) is 5.02 Å². The molecule has 0 fully saturated rings. The number of fused-ring (bicyclic) bond motifs is 2. The number of benzene rings is 1. The molecule has 3 aromatic rings. The van der Waals surface area contributed by atoms with Crippen molar-refractivity contribution < 1.29 is 19.4 Å². The highest BCUT2D eigenvalue weighted by Gasteiger charge is 2.39. The molecule has 0 radical (unpaired) electrons. The maximum atomic E-state index is 13.0. The van der Waals surface area contributed by atoms with E-state index >= 15 is 0 Å². The van der Waals surface area contributed by atoms with E-state index in [4.69, 9.17) is 37.8 Å². The first kappa shape index (κ1) is 22.4. The van der Waals surface area contributed by atoms with Crippen LogP contribution < -0.4 is 20.2 Å². The molecule has 32 heavy (non-hydrogen) atoms. The van der Waals surface area contributed by atoms with E-state index in [2.05, 4.69) is 10.3 Å². The molecule has 1 unspecified atom stereocenters. The van der Waals surface area contributed by atoms with Crippen LogP contribution in [0, 0.1) is 6.92 Å². The molecule has 0 bridgehead atoms. The van der Waals surface area contributed by atoms with Crippen molar-refractivity contribution in [1.29, 1.82) is 0 Å². The van der Waals surface area contributed by atoms with Gasteiger partial charge in [-0.05, 0) is 19.9 Å². The number of nitrogens with zero attached hydrogens (tertiary/aromatic N) is 2. The third-order valence-electron chi connectivity index (χ3n) is 5.43. The number of hydrogen-bond donors (Lipinski definition) is 2. The first-order valence-corrected chi connectivity index (χ1v) is 10.6. The topological polar surface area (TPSA) is 103 Å². The Morgan fingerprint density at radius 3 is 2.72 bits per heavy atom. The van der Waals surface area contributed by atoms with Crippen molar-refractivity contribution in [1.82, 2.24) is 14.9 Å². The first-order chi connectivity index (χ1) is 15.2. The number of halogens is 2. The normalized spacial score (nSPS) is 16.6. The summed E-state index contributed by atoms with van der Waals surface area (Å²) in [5, 5.41) is 12.1. The van der Waals surface area contributed by atoms with E-state index in [1.807, 2.05) is 4.57 Å². The van der Waals surface area contributed by atoms with E-state index < -0.39 is 4.87 Å². The molecule has 3 heterocycles. The highest BCUT2D eigenvalue weighted by molar-refractivity contribution is 6.34.